The van der Waals surface area contributed by atoms with Crippen molar-refractivity contribution in [1.82, 2.24) is 9.80 Å². The van der Waals surface area contributed by atoms with E-state index in [2.05, 4.69) is 30.4 Å². The SMILES string of the molecule is CCN(CC)CC.CCOC(C)=O.CN(C)C=O. The van der Waals surface area contributed by atoms with Crippen molar-refractivity contribution in [2.75, 3.05) is 40.3 Å². The zero-order chi connectivity index (χ0) is 15.0. The fraction of sp³-hybridized carbons (Fsp3) is 0.846. The van der Waals surface area contributed by atoms with Gasteiger partial charge in [0.15, 0.2) is 0 Å². The average Bonchev–Trinajstić information content (AvgIpc) is 2.32. The topological polar surface area (TPSA) is 49.9 Å². The van der Waals surface area contributed by atoms with Crippen LogP contribution in [0.1, 0.15) is 34.6 Å². The molecule has 18 heavy (non-hydrogen) atoms. The van der Waals surface area contributed by atoms with Crippen molar-refractivity contribution >= 4 is 12.4 Å². The van der Waals surface area contributed by atoms with Gasteiger partial charge in [0, 0.05) is 21.0 Å². The second kappa shape index (κ2) is 18.3. The summed E-state index contributed by atoms with van der Waals surface area (Å²) < 4.78 is 4.40. The molecule has 0 aliphatic rings. The smallest absolute Gasteiger partial charge is 0.302 e. The Hall–Kier alpha value is -1.10. The first-order chi connectivity index (χ1) is 8.39. The summed E-state index contributed by atoms with van der Waals surface area (Å²) in [6.07, 6.45) is 0.750. The Morgan fingerprint density at radius 1 is 1.06 bits per heavy atom. The summed E-state index contributed by atoms with van der Waals surface area (Å²) in [4.78, 5) is 23.1. The molecule has 5 heteroatoms. The fourth-order valence-corrected chi connectivity index (χ4v) is 0.874. The number of carbonyl (C=O) groups excluding carboxylic acids is 2. The summed E-state index contributed by atoms with van der Waals surface area (Å²) in [6, 6.07) is 0. The van der Waals surface area contributed by atoms with Gasteiger partial charge in [-0.3, -0.25) is 9.59 Å². The van der Waals surface area contributed by atoms with E-state index in [0.717, 1.165) is 6.41 Å². The summed E-state index contributed by atoms with van der Waals surface area (Å²) in [7, 11) is 3.38. The highest BCUT2D eigenvalue weighted by Crippen LogP contribution is 1.81. The van der Waals surface area contributed by atoms with Crippen molar-refractivity contribution in [2.24, 2.45) is 0 Å². The lowest BCUT2D eigenvalue weighted by Gasteiger charge is -2.13. The van der Waals surface area contributed by atoms with E-state index >= 15 is 0 Å². The van der Waals surface area contributed by atoms with Crippen molar-refractivity contribution < 1.29 is 14.3 Å². The third-order valence-corrected chi connectivity index (χ3v) is 1.90. The van der Waals surface area contributed by atoms with E-state index in [-0.39, 0.29) is 5.97 Å². The van der Waals surface area contributed by atoms with Gasteiger partial charge in [-0.2, -0.15) is 0 Å². The van der Waals surface area contributed by atoms with Crippen LogP contribution in [0, 0.1) is 0 Å². The van der Waals surface area contributed by atoms with Crippen molar-refractivity contribution in [3.63, 3.8) is 0 Å². The molecule has 1 amide bonds. The Bertz CT molecular complexity index is 176. The van der Waals surface area contributed by atoms with E-state index in [1.807, 2.05) is 0 Å². The Labute approximate surface area is 112 Å². The van der Waals surface area contributed by atoms with Crippen LogP contribution in [0.3, 0.4) is 0 Å². The largest absolute Gasteiger partial charge is 0.466 e. The van der Waals surface area contributed by atoms with Crippen LogP contribution in [0.2, 0.25) is 0 Å². The van der Waals surface area contributed by atoms with Gasteiger partial charge in [-0.05, 0) is 26.6 Å². The minimum absolute atomic E-state index is 0.211. The van der Waals surface area contributed by atoms with Gasteiger partial charge in [0.05, 0.1) is 6.61 Å². The maximum Gasteiger partial charge on any atom is 0.302 e. The lowest BCUT2D eigenvalue weighted by Crippen LogP contribution is -2.21. The number of esters is 1. The average molecular weight is 262 g/mol. The Morgan fingerprint density at radius 2 is 1.39 bits per heavy atom. The van der Waals surface area contributed by atoms with Gasteiger partial charge >= 0.3 is 5.97 Å². The number of nitrogens with zero attached hydrogens (tertiary/aromatic N) is 2. The van der Waals surface area contributed by atoms with Gasteiger partial charge in [-0.1, -0.05) is 20.8 Å². The minimum Gasteiger partial charge on any atom is -0.466 e. The van der Waals surface area contributed by atoms with Crippen LogP contribution in [0.5, 0.6) is 0 Å². The first-order valence-electron chi connectivity index (χ1n) is 6.36. The molecule has 0 aromatic carbocycles. The van der Waals surface area contributed by atoms with E-state index in [4.69, 9.17) is 0 Å². The molecule has 0 saturated heterocycles. The molecule has 5 nitrogen and oxygen atoms in total. The molecule has 0 aliphatic heterocycles. The zero-order valence-electron chi connectivity index (χ0n) is 13.0. The Morgan fingerprint density at radius 3 is 1.39 bits per heavy atom. The van der Waals surface area contributed by atoms with Gasteiger partial charge in [-0.15, -0.1) is 0 Å². The molecule has 0 radical (unpaired) electrons. The first kappa shape index (κ1) is 22.1. The second-order valence-electron chi connectivity index (χ2n) is 3.61. The molecule has 0 atom stereocenters. The fourth-order valence-electron chi connectivity index (χ4n) is 0.874. The van der Waals surface area contributed by atoms with Crippen LogP contribution >= 0.6 is 0 Å². The highest BCUT2D eigenvalue weighted by molar-refractivity contribution is 5.65. The lowest BCUT2D eigenvalue weighted by atomic mass is 10.5. The number of hydrogen-bond donors (Lipinski definition) is 0. The van der Waals surface area contributed by atoms with Gasteiger partial charge < -0.3 is 14.5 Å². The van der Waals surface area contributed by atoms with E-state index < -0.39 is 0 Å². The Kier molecular flexibility index (Phi) is 22.4. The molecule has 0 bridgehead atoms. The zero-order valence-corrected chi connectivity index (χ0v) is 13.0. The molecule has 0 heterocycles. The van der Waals surface area contributed by atoms with E-state index in [1.54, 1.807) is 21.0 Å². The number of ether oxygens (including phenoxy) is 1. The molecule has 0 saturated carbocycles. The quantitative estimate of drug-likeness (QED) is 0.558. The highest BCUT2D eigenvalue weighted by Gasteiger charge is 1.89. The maximum atomic E-state index is 9.82. The number of hydrogen-bond acceptors (Lipinski definition) is 4. The molecule has 0 aliphatic carbocycles. The number of rotatable bonds is 5. The maximum absolute atomic E-state index is 9.82. The third kappa shape index (κ3) is 29.4. The molecule has 0 spiro atoms. The van der Waals surface area contributed by atoms with Crippen molar-refractivity contribution in [3.8, 4) is 0 Å². The predicted molar refractivity (Wildman–Crippen MR) is 75.5 cm³/mol. The van der Waals surface area contributed by atoms with Crippen molar-refractivity contribution in [2.45, 2.75) is 34.6 Å². The van der Waals surface area contributed by atoms with Crippen LogP contribution in [-0.2, 0) is 14.3 Å². The molecule has 0 N–H and O–H groups in total. The van der Waals surface area contributed by atoms with Crippen LogP contribution in [0.15, 0.2) is 0 Å². The lowest BCUT2D eigenvalue weighted by molar-refractivity contribution is -0.140. The molecule has 0 fully saturated rings. The monoisotopic (exact) mass is 262 g/mol. The molecular weight excluding hydrogens is 232 g/mol. The molecular formula is C13H30N2O3. The first-order valence-corrected chi connectivity index (χ1v) is 6.36. The van der Waals surface area contributed by atoms with Crippen molar-refractivity contribution in [1.29, 1.82) is 0 Å². The van der Waals surface area contributed by atoms with Gasteiger partial charge in [-0.25, -0.2) is 0 Å². The summed E-state index contributed by atoms with van der Waals surface area (Å²) in [5.41, 5.74) is 0. The number of carbonyl (C=O) groups is 2. The summed E-state index contributed by atoms with van der Waals surface area (Å²) in [5, 5.41) is 0. The van der Waals surface area contributed by atoms with Crippen LogP contribution in [0.25, 0.3) is 0 Å². The molecule has 0 rings (SSSR count). The summed E-state index contributed by atoms with van der Waals surface area (Å²) >= 11 is 0. The molecule has 0 aromatic heterocycles. The Balaban J connectivity index is -0.000000190. The summed E-state index contributed by atoms with van der Waals surface area (Å²) in [6.45, 7) is 13.8. The van der Waals surface area contributed by atoms with E-state index in [9.17, 15) is 9.59 Å². The molecule has 110 valence electrons. The van der Waals surface area contributed by atoms with Crippen LogP contribution < -0.4 is 0 Å². The molecule has 0 unspecified atom stereocenters. The van der Waals surface area contributed by atoms with Crippen LogP contribution in [0.4, 0.5) is 0 Å². The standard InChI is InChI=1S/C6H15N.C4H8O2.C3H7NO/c1-4-7(5-2)6-3;1-3-6-4(2)5;1-4(2)3-5/h4-6H2,1-3H3;3H2,1-2H3;3H,1-2H3. The number of amides is 1. The predicted octanol–water partition coefficient (Wildman–Crippen LogP) is 1.62. The van der Waals surface area contributed by atoms with Gasteiger partial charge in [0.2, 0.25) is 6.41 Å². The molecule has 0 aromatic rings. The second-order valence-corrected chi connectivity index (χ2v) is 3.61. The highest BCUT2D eigenvalue weighted by atomic mass is 16.5. The minimum atomic E-state index is -0.211. The summed E-state index contributed by atoms with van der Waals surface area (Å²) in [5.74, 6) is -0.211. The normalized spacial score (nSPS) is 8.44. The van der Waals surface area contributed by atoms with Crippen LogP contribution in [-0.4, -0.2) is 62.5 Å². The van der Waals surface area contributed by atoms with E-state index in [1.165, 1.54) is 31.5 Å². The van der Waals surface area contributed by atoms with Crippen molar-refractivity contribution in [3.05, 3.63) is 0 Å². The van der Waals surface area contributed by atoms with E-state index in [0.29, 0.717) is 6.61 Å². The van der Waals surface area contributed by atoms with Gasteiger partial charge in [0.1, 0.15) is 0 Å². The van der Waals surface area contributed by atoms with Gasteiger partial charge in [0.25, 0.3) is 0 Å². The third-order valence-electron chi connectivity index (χ3n) is 1.90.